The molecule has 1 aromatic rings. The minimum Gasteiger partial charge on any atom is -0.450 e. The average Bonchev–Trinajstić information content (AvgIpc) is 2.84. The van der Waals surface area contributed by atoms with E-state index in [-0.39, 0.29) is 16.9 Å². The highest BCUT2D eigenvalue weighted by atomic mass is 32.1. The molecule has 7 nitrogen and oxygen atoms in total. The molecule has 0 unspecified atom stereocenters. The van der Waals surface area contributed by atoms with Gasteiger partial charge in [-0.1, -0.05) is 11.3 Å². The van der Waals surface area contributed by atoms with E-state index >= 15 is 0 Å². The van der Waals surface area contributed by atoms with Gasteiger partial charge in [-0.05, 0) is 13.8 Å². The summed E-state index contributed by atoms with van der Waals surface area (Å²) in [4.78, 5) is 38.7. The summed E-state index contributed by atoms with van der Waals surface area (Å²) in [7, 11) is 0. The zero-order chi connectivity index (χ0) is 16.1. The van der Waals surface area contributed by atoms with Gasteiger partial charge in [-0.15, -0.1) is 0 Å². The minimum absolute atomic E-state index is 0.0148. The van der Waals surface area contributed by atoms with Crippen molar-refractivity contribution in [2.75, 3.05) is 32.8 Å². The maximum Gasteiger partial charge on any atom is 0.409 e. The number of carbonyl (C=O) groups is 2. The molecule has 0 N–H and O–H groups in total. The summed E-state index contributed by atoms with van der Waals surface area (Å²) in [6.07, 6.45) is -0.0216. The lowest BCUT2D eigenvalue weighted by Crippen LogP contribution is -2.50. The Kier molecular flexibility index (Phi) is 5.59. The van der Waals surface area contributed by atoms with Crippen LogP contribution < -0.4 is 4.87 Å². The van der Waals surface area contributed by atoms with Crippen LogP contribution in [0.5, 0.6) is 0 Å². The molecular weight excluding hydrogens is 306 g/mol. The van der Waals surface area contributed by atoms with Crippen LogP contribution in [-0.4, -0.2) is 59.2 Å². The second kappa shape index (κ2) is 7.44. The molecule has 2 rings (SSSR count). The number of nitrogens with zero attached hydrogens (tertiary/aromatic N) is 3. The lowest BCUT2D eigenvalue weighted by atomic mass is 10.3. The molecule has 0 spiro atoms. The number of aromatic nitrogens is 1. The van der Waals surface area contributed by atoms with Crippen LogP contribution in [0.4, 0.5) is 4.79 Å². The predicted molar refractivity (Wildman–Crippen MR) is 83.1 cm³/mol. The van der Waals surface area contributed by atoms with Crippen LogP contribution in [0.1, 0.15) is 19.0 Å². The van der Waals surface area contributed by atoms with Crippen LogP contribution in [0.2, 0.25) is 0 Å². The molecule has 0 saturated carbocycles. The number of carbonyl (C=O) groups excluding carboxylic acids is 2. The van der Waals surface area contributed by atoms with Crippen LogP contribution in [0, 0.1) is 6.92 Å². The molecule has 1 aliphatic heterocycles. The molecule has 2 amide bonds. The largest absolute Gasteiger partial charge is 0.450 e. The van der Waals surface area contributed by atoms with Gasteiger partial charge in [0.25, 0.3) is 0 Å². The molecule has 1 fully saturated rings. The fourth-order valence-corrected chi connectivity index (χ4v) is 3.15. The highest BCUT2D eigenvalue weighted by Crippen LogP contribution is 2.07. The van der Waals surface area contributed by atoms with Gasteiger partial charge in [0.1, 0.15) is 0 Å². The third-order valence-electron chi connectivity index (χ3n) is 3.68. The lowest BCUT2D eigenvalue weighted by Gasteiger charge is -2.34. The van der Waals surface area contributed by atoms with E-state index in [0.717, 1.165) is 17.0 Å². The molecule has 0 radical (unpaired) electrons. The van der Waals surface area contributed by atoms with Gasteiger partial charge in [-0.25, -0.2) is 4.79 Å². The number of hydrogen-bond donors (Lipinski definition) is 0. The topological polar surface area (TPSA) is 71.8 Å². The highest BCUT2D eigenvalue weighted by molar-refractivity contribution is 7.07. The van der Waals surface area contributed by atoms with E-state index in [0.29, 0.717) is 45.8 Å². The van der Waals surface area contributed by atoms with Crippen molar-refractivity contribution in [3.8, 4) is 0 Å². The van der Waals surface area contributed by atoms with Crippen molar-refractivity contribution in [2.24, 2.45) is 0 Å². The summed E-state index contributed by atoms with van der Waals surface area (Å²) in [6.45, 7) is 6.39. The maximum atomic E-state index is 12.2. The fraction of sp³-hybridized carbons (Fsp3) is 0.643. The van der Waals surface area contributed by atoms with Gasteiger partial charge in [-0.3, -0.25) is 9.59 Å². The fourth-order valence-electron chi connectivity index (χ4n) is 2.39. The first-order valence-electron chi connectivity index (χ1n) is 7.37. The molecule has 2 heterocycles. The summed E-state index contributed by atoms with van der Waals surface area (Å²) < 4.78 is 6.57. The van der Waals surface area contributed by atoms with Gasteiger partial charge in [0.2, 0.25) is 5.91 Å². The summed E-state index contributed by atoms with van der Waals surface area (Å²) in [6, 6.07) is 0. The Morgan fingerprint density at radius 3 is 2.41 bits per heavy atom. The van der Waals surface area contributed by atoms with Crippen LogP contribution in [-0.2, 0) is 16.1 Å². The van der Waals surface area contributed by atoms with Crippen molar-refractivity contribution >= 4 is 23.3 Å². The molecule has 1 saturated heterocycles. The van der Waals surface area contributed by atoms with Crippen molar-refractivity contribution in [1.82, 2.24) is 14.4 Å². The molecule has 122 valence electrons. The lowest BCUT2D eigenvalue weighted by molar-refractivity contribution is -0.133. The number of amides is 2. The SMILES string of the molecule is CCOC(=O)N1CCN(C(=O)CCn2c(C)csc2=O)CC1. The monoisotopic (exact) mass is 327 g/mol. The Labute approximate surface area is 133 Å². The highest BCUT2D eigenvalue weighted by Gasteiger charge is 2.24. The van der Waals surface area contributed by atoms with Crippen LogP contribution in [0.25, 0.3) is 0 Å². The normalized spacial score (nSPS) is 15.0. The first kappa shape index (κ1) is 16.5. The Morgan fingerprint density at radius 1 is 1.23 bits per heavy atom. The van der Waals surface area contributed by atoms with Gasteiger partial charge in [-0.2, -0.15) is 0 Å². The van der Waals surface area contributed by atoms with Gasteiger partial charge in [0, 0.05) is 50.2 Å². The Morgan fingerprint density at radius 2 is 1.86 bits per heavy atom. The average molecular weight is 327 g/mol. The van der Waals surface area contributed by atoms with Crippen molar-refractivity contribution in [3.63, 3.8) is 0 Å². The van der Waals surface area contributed by atoms with Crippen molar-refractivity contribution < 1.29 is 14.3 Å². The second-order valence-corrected chi connectivity index (χ2v) is 5.93. The first-order chi connectivity index (χ1) is 10.5. The molecule has 0 aliphatic carbocycles. The molecular formula is C14H21N3O4S. The summed E-state index contributed by atoms with van der Waals surface area (Å²) in [5, 5.41) is 1.80. The van der Waals surface area contributed by atoms with E-state index in [9.17, 15) is 14.4 Å². The maximum absolute atomic E-state index is 12.2. The van der Waals surface area contributed by atoms with Crippen LogP contribution in [0.15, 0.2) is 10.2 Å². The van der Waals surface area contributed by atoms with Crippen molar-refractivity contribution in [3.05, 3.63) is 20.7 Å². The zero-order valence-corrected chi connectivity index (χ0v) is 13.7. The molecule has 0 atom stereocenters. The molecule has 1 aliphatic rings. The summed E-state index contributed by atoms with van der Waals surface area (Å²) >= 11 is 1.15. The predicted octanol–water partition coefficient (Wildman–Crippen LogP) is 0.909. The first-order valence-corrected chi connectivity index (χ1v) is 8.25. The van der Waals surface area contributed by atoms with Crippen molar-refractivity contribution in [1.29, 1.82) is 0 Å². The molecule has 1 aromatic heterocycles. The van der Waals surface area contributed by atoms with Crippen molar-refractivity contribution in [2.45, 2.75) is 26.8 Å². The quantitative estimate of drug-likeness (QED) is 0.824. The molecule has 0 bridgehead atoms. The number of thiazole rings is 1. The van der Waals surface area contributed by atoms with E-state index < -0.39 is 0 Å². The van der Waals surface area contributed by atoms with E-state index in [1.165, 1.54) is 0 Å². The second-order valence-electron chi connectivity index (χ2n) is 5.11. The summed E-state index contributed by atoms with van der Waals surface area (Å²) in [5.74, 6) is 0.0148. The zero-order valence-electron chi connectivity index (χ0n) is 12.9. The smallest absolute Gasteiger partial charge is 0.409 e. The standard InChI is InChI=1S/C14H21N3O4S/c1-3-21-13(19)16-8-6-15(7-9-16)12(18)4-5-17-11(2)10-22-14(17)20/h10H,3-9H2,1-2H3. The van der Waals surface area contributed by atoms with E-state index in [1.54, 1.807) is 26.7 Å². The number of aryl methyl sites for hydroxylation is 1. The Hall–Kier alpha value is -1.83. The third-order valence-corrected chi connectivity index (χ3v) is 4.57. The molecule has 0 aromatic carbocycles. The van der Waals surface area contributed by atoms with Gasteiger partial charge in [0.05, 0.1) is 6.61 Å². The number of hydrogen-bond acceptors (Lipinski definition) is 5. The van der Waals surface area contributed by atoms with E-state index in [2.05, 4.69) is 0 Å². The Bertz CT molecular complexity index is 587. The van der Waals surface area contributed by atoms with Crippen LogP contribution >= 0.6 is 11.3 Å². The number of rotatable bonds is 4. The molecule has 22 heavy (non-hydrogen) atoms. The van der Waals surface area contributed by atoms with E-state index in [1.807, 2.05) is 6.92 Å². The van der Waals surface area contributed by atoms with Crippen LogP contribution in [0.3, 0.4) is 0 Å². The Balaban J connectivity index is 1.80. The number of piperazine rings is 1. The number of ether oxygens (including phenoxy) is 1. The molecule has 8 heteroatoms. The third kappa shape index (κ3) is 3.88. The van der Waals surface area contributed by atoms with E-state index in [4.69, 9.17) is 4.74 Å². The van der Waals surface area contributed by atoms with Gasteiger partial charge in [0.15, 0.2) is 0 Å². The summed E-state index contributed by atoms with van der Waals surface area (Å²) in [5.41, 5.74) is 0.884. The van der Waals surface area contributed by atoms with Gasteiger partial charge < -0.3 is 19.1 Å². The van der Waals surface area contributed by atoms with Gasteiger partial charge >= 0.3 is 11.0 Å². The minimum atomic E-state index is -0.324.